The van der Waals surface area contributed by atoms with Crippen molar-refractivity contribution in [2.45, 2.75) is 50.6 Å². The van der Waals surface area contributed by atoms with Gasteiger partial charge in [-0.25, -0.2) is 0 Å². The predicted molar refractivity (Wildman–Crippen MR) is 56.0 cm³/mol. The van der Waals surface area contributed by atoms with Crippen molar-refractivity contribution < 1.29 is 5.11 Å². The van der Waals surface area contributed by atoms with Crippen molar-refractivity contribution in [1.82, 2.24) is 4.90 Å². The molecule has 0 aromatic heterocycles. The first-order chi connectivity index (χ1) is 6.86. The normalized spacial score (nSPS) is 43.1. The van der Waals surface area contributed by atoms with Crippen LogP contribution in [-0.2, 0) is 0 Å². The molecule has 0 aromatic carbocycles. The number of rotatable bonds is 3. The summed E-state index contributed by atoms with van der Waals surface area (Å²) in [4.78, 5) is 2.77. The van der Waals surface area contributed by atoms with E-state index in [1.54, 1.807) is 0 Å². The van der Waals surface area contributed by atoms with E-state index in [1.807, 2.05) is 0 Å². The highest BCUT2D eigenvalue weighted by molar-refractivity contribution is 4.96. The topological polar surface area (TPSA) is 23.5 Å². The molecule has 0 amide bonds. The molecule has 2 aliphatic heterocycles. The van der Waals surface area contributed by atoms with E-state index in [9.17, 15) is 5.11 Å². The zero-order valence-corrected chi connectivity index (χ0v) is 8.86. The van der Waals surface area contributed by atoms with Gasteiger partial charge in [-0.15, -0.1) is 0 Å². The lowest BCUT2D eigenvalue weighted by molar-refractivity contribution is 0.0705. The average molecular weight is 195 g/mol. The minimum Gasteiger partial charge on any atom is -0.396 e. The quantitative estimate of drug-likeness (QED) is 0.740. The second-order valence-corrected chi connectivity index (χ2v) is 5.55. The maximum Gasteiger partial charge on any atom is 0.0460 e. The molecule has 0 unspecified atom stereocenters. The van der Waals surface area contributed by atoms with Crippen molar-refractivity contribution in [2.24, 2.45) is 11.8 Å². The van der Waals surface area contributed by atoms with E-state index in [1.165, 1.54) is 45.1 Å². The Morgan fingerprint density at radius 1 is 0.929 bits per heavy atom. The molecule has 2 heterocycles. The number of piperidine rings is 1. The number of hydrogen-bond donors (Lipinski definition) is 1. The van der Waals surface area contributed by atoms with Gasteiger partial charge in [0.05, 0.1) is 0 Å². The van der Waals surface area contributed by atoms with E-state index in [0.29, 0.717) is 12.5 Å². The van der Waals surface area contributed by atoms with Crippen molar-refractivity contribution in [1.29, 1.82) is 0 Å². The van der Waals surface area contributed by atoms with E-state index >= 15 is 0 Å². The average Bonchev–Trinajstić information content (AvgIpc) is 2.95. The third-order valence-electron chi connectivity index (χ3n) is 4.41. The maximum atomic E-state index is 9.22. The van der Waals surface area contributed by atoms with Crippen LogP contribution < -0.4 is 0 Å². The summed E-state index contributed by atoms with van der Waals surface area (Å²) in [7, 11) is 0. The largest absolute Gasteiger partial charge is 0.396 e. The van der Waals surface area contributed by atoms with Gasteiger partial charge in [0.25, 0.3) is 0 Å². The summed E-state index contributed by atoms with van der Waals surface area (Å²) in [6, 6.07) is 1.65. The van der Waals surface area contributed by atoms with Crippen LogP contribution in [0.25, 0.3) is 0 Å². The molecule has 2 nitrogen and oxygen atoms in total. The number of nitrogens with zero attached hydrogens (tertiary/aromatic N) is 1. The summed E-state index contributed by atoms with van der Waals surface area (Å²) in [6.45, 7) is 1.79. The fraction of sp³-hybridized carbons (Fsp3) is 1.00. The lowest BCUT2D eigenvalue weighted by Crippen LogP contribution is -2.44. The fourth-order valence-corrected chi connectivity index (χ4v) is 3.43. The number of fused-ring (bicyclic) bond motifs is 2. The molecule has 2 atom stereocenters. The number of aliphatic hydroxyl groups excluding tert-OH is 1. The Balaban J connectivity index is 1.64. The van der Waals surface area contributed by atoms with Gasteiger partial charge in [-0.2, -0.15) is 0 Å². The van der Waals surface area contributed by atoms with Crippen LogP contribution in [-0.4, -0.2) is 35.2 Å². The molecule has 1 saturated carbocycles. The summed E-state index contributed by atoms with van der Waals surface area (Å²) < 4.78 is 0. The molecular formula is C12H21NO. The summed E-state index contributed by atoms with van der Waals surface area (Å²) in [5, 5.41) is 9.22. The third-order valence-corrected chi connectivity index (χ3v) is 4.41. The summed E-state index contributed by atoms with van der Waals surface area (Å²) >= 11 is 0. The Morgan fingerprint density at radius 3 is 2.07 bits per heavy atom. The molecule has 0 aromatic rings. The first kappa shape index (κ1) is 9.17. The molecule has 2 heteroatoms. The van der Waals surface area contributed by atoms with Gasteiger partial charge in [0.2, 0.25) is 0 Å². The second kappa shape index (κ2) is 3.49. The van der Waals surface area contributed by atoms with E-state index < -0.39 is 0 Å². The highest BCUT2D eigenvalue weighted by atomic mass is 16.3. The first-order valence-corrected chi connectivity index (χ1v) is 6.23. The molecule has 1 N–H and O–H groups in total. The van der Waals surface area contributed by atoms with Crippen molar-refractivity contribution in [2.75, 3.05) is 13.2 Å². The summed E-state index contributed by atoms with van der Waals surface area (Å²) in [5.41, 5.74) is 0. The molecule has 3 rings (SSSR count). The fourth-order valence-electron chi connectivity index (χ4n) is 3.43. The van der Waals surface area contributed by atoms with Crippen LogP contribution in [0.3, 0.4) is 0 Å². The van der Waals surface area contributed by atoms with E-state index in [0.717, 1.165) is 18.0 Å². The minimum absolute atomic E-state index is 0.421. The van der Waals surface area contributed by atoms with Crippen LogP contribution in [0.5, 0.6) is 0 Å². The highest BCUT2D eigenvalue weighted by Crippen LogP contribution is 2.41. The monoisotopic (exact) mass is 195 g/mol. The lowest BCUT2D eigenvalue weighted by Gasteiger charge is -2.38. The van der Waals surface area contributed by atoms with Crippen LogP contribution in [0.4, 0.5) is 0 Å². The Morgan fingerprint density at radius 2 is 1.57 bits per heavy atom. The van der Waals surface area contributed by atoms with Gasteiger partial charge in [0.15, 0.2) is 0 Å². The zero-order chi connectivity index (χ0) is 9.54. The molecule has 2 saturated heterocycles. The van der Waals surface area contributed by atoms with Gasteiger partial charge in [0.1, 0.15) is 0 Å². The SMILES string of the molecule is OCC1C[C@H]2CC[C@H](C1)N2CC1CC1. The molecule has 2 bridgehead atoms. The van der Waals surface area contributed by atoms with Crippen molar-refractivity contribution in [3.8, 4) is 0 Å². The van der Waals surface area contributed by atoms with Gasteiger partial charge in [-0.05, 0) is 50.4 Å². The molecule has 0 radical (unpaired) electrons. The Labute approximate surface area is 86.3 Å². The number of hydrogen-bond acceptors (Lipinski definition) is 2. The van der Waals surface area contributed by atoms with Gasteiger partial charge in [-0.1, -0.05) is 0 Å². The van der Waals surface area contributed by atoms with Crippen molar-refractivity contribution >= 4 is 0 Å². The molecule has 80 valence electrons. The molecule has 0 spiro atoms. The van der Waals surface area contributed by atoms with Crippen molar-refractivity contribution in [3.63, 3.8) is 0 Å². The minimum atomic E-state index is 0.421. The summed E-state index contributed by atoms with van der Waals surface area (Å²) in [6.07, 6.45) is 8.26. The summed E-state index contributed by atoms with van der Waals surface area (Å²) in [5.74, 6) is 1.65. The van der Waals surface area contributed by atoms with E-state index in [-0.39, 0.29) is 0 Å². The number of aliphatic hydroxyl groups is 1. The highest BCUT2D eigenvalue weighted by Gasteiger charge is 2.42. The maximum absolute atomic E-state index is 9.22. The van der Waals surface area contributed by atoms with Crippen LogP contribution in [0.2, 0.25) is 0 Å². The third kappa shape index (κ3) is 1.59. The first-order valence-electron chi connectivity index (χ1n) is 6.23. The van der Waals surface area contributed by atoms with E-state index in [4.69, 9.17) is 0 Å². The van der Waals surface area contributed by atoms with Crippen LogP contribution in [0, 0.1) is 11.8 Å². The van der Waals surface area contributed by atoms with Crippen molar-refractivity contribution in [3.05, 3.63) is 0 Å². The molecule has 3 fully saturated rings. The smallest absolute Gasteiger partial charge is 0.0460 e. The van der Waals surface area contributed by atoms with Crippen LogP contribution in [0.1, 0.15) is 38.5 Å². The van der Waals surface area contributed by atoms with Crippen LogP contribution in [0.15, 0.2) is 0 Å². The Kier molecular flexibility index (Phi) is 2.29. The molecule has 14 heavy (non-hydrogen) atoms. The van der Waals surface area contributed by atoms with E-state index in [2.05, 4.69) is 4.90 Å². The lowest BCUT2D eigenvalue weighted by atomic mass is 9.91. The standard InChI is InChI=1S/C12H21NO/c14-8-10-5-11-3-4-12(6-10)13(11)7-9-1-2-9/h9-12,14H,1-8H2/t11-,12-/m1/s1. The van der Waals surface area contributed by atoms with Gasteiger partial charge >= 0.3 is 0 Å². The molecule has 1 aliphatic carbocycles. The molecule has 3 aliphatic rings. The predicted octanol–water partition coefficient (Wildman–Crippen LogP) is 1.63. The van der Waals surface area contributed by atoms with Gasteiger partial charge in [-0.3, -0.25) is 4.90 Å². The van der Waals surface area contributed by atoms with Crippen LogP contribution >= 0.6 is 0 Å². The van der Waals surface area contributed by atoms with Gasteiger partial charge < -0.3 is 5.11 Å². The zero-order valence-electron chi connectivity index (χ0n) is 8.86. The Bertz CT molecular complexity index is 200. The molecular weight excluding hydrogens is 174 g/mol. The Hall–Kier alpha value is -0.0800. The van der Waals surface area contributed by atoms with Gasteiger partial charge in [0, 0.05) is 25.2 Å². The second-order valence-electron chi connectivity index (χ2n) is 5.55.